The summed E-state index contributed by atoms with van der Waals surface area (Å²) in [7, 11) is 1.88. The average Bonchev–Trinajstić information content (AvgIpc) is 3.26. The Kier molecular flexibility index (Phi) is 7.41. The molecule has 4 aromatic rings. The number of hydrogen-bond donors (Lipinski definition) is 3. The molecule has 34 heavy (non-hydrogen) atoms. The minimum Gasteiger partial charge on any atom is -0.491 e. The Morgan fingerprint density at radius 2 is 1.97 bits per heavy atom. The van der Waals surface area contributed by atoms with Crippen LogP contribution in [0.1, 0.15) is 21.7 Å². The van der Waals surface area contributed by atoms with Crippen molar-refractivity contribution in [3.05, 3.63) is 84.1 Å². The van der Waals surface area contributed by atoms with Crippen LogP contribution in [0.3, 0.4) is 0 Å². The smallest absolute Gasteiger partial charge is 0.251 e. The number of ether oxygens (including phenoxy) is 1. The predicted molar refractivity (Wildman–Crippen MR) is 126 cm³/mol. The summed E-state index contributed by atoms with van der Waals surface area (Å²) in [6, 6.07) is 16.4. The molecule has 0 atom stereocenters. The molecule has 0 unspecified atom stereocenters. The van der Waals surface area contributed by atoms with E-state index in [2.05, 4.69) is 30.8 Å². The maximum atomic E-state index is 12.7. The molecule has 2 aromatic carbocycles. The first kappa shape index (κ1) is 22.9. The number of rotatable bonds is 10. The first-order chi connectivity index (χ1) is 16.7. The molecule has 0 aliphatic rings. The summed E-state index contributed by atoms with van der Waals surface area (Å²) in [5, 5.41) is 23.6. The highest BCUT2D eigenvalue weighted by atomic mass is 16.5. The first-order valence-electron chi connectivity index (χ1n) is 10.7. The summed E-state index contributed by atoms with van der Waals surface area (Å²) in [5.74, 6) is 1.81. The molecule has 0 radical (unpaired) electrons. The lowest BCUT2D eigenvalue weighted by molar-refractivity contribution is 0.0950. The van der Waals surface area contributed by atoms with Gasteiger partial charge in [-0.15, -0.1) is 10.2 Å². The Morgan fingerprint density at radius 1 is 1.09 bits per heavy atom. The number of benzene rings is 2. The minimum atomic E-state index is -0.203. The third-order valence-corrected chi connectivity index (χ3v) is 5.11. The molecule has 0 spiro atoms. The van der Waals surface area contributed by atoms with E-state index in [9.17, 15) is 4.79 Å². The summed E-state index contributed by atoms with van der Waals surface area (Å²) in [6.07, 6.45) is 3.13. The maximum absolute atomic E-state index is 12.7. The van der Waals surface area contributed by atoms with Gasteiger partial charge in [0.15, 0.2) is 11.6 Å². The molecule has 0 saturated heterocycles. The molecule has 4 rings (SSSR count). The van der Waals surface area contributed by atoms with Gasteiger partial charge in [-0.1, -0.05) is 24.3 Å². The molecule has 2 aromatic heterocycles. The molecule has 0 aliphatic heterocycles. The second-order valence-corrected chi connectivity index (χ2v) is 7.39. The van der Waals surface area contributed by atoms with E-state index in [1.54, 1.807) is 24.4 Å². The lowest BCUT2D eigenvalue weighted by Gasteiger charge is -2.12. The molecule has 0 fully saturated rings. The van der Waals surface area contributed by atoms with Crippen LogP contribution in [0, 0.1) is 0 Å². The van der Waals surface area contributed by atoms with Crippen molar-refractivity contribution in [1.82, 2.24) is 30.0 Å². The third-order valence-electron chi connectivity index (χ3n) is 5.11. The summed E-state index contributed by atoms with van der Waals surface area (Å²) >= 11 is 0. The number of carbonyl (C=O) groups is 1. The van der Waals surface area contributed by atoms with Crippen LogP contribution in [-0.4, -0.2) is 49.0 Å². The monoisotopic (exact) mass is 459 g/mol. The molecule has 3 N–H and O–H groups in total. The van der Waals surface area contributed by atoms with Crippen LogP contribution in [-0.2, 0) is 20.1 Å². The SMILES string of the molecule is Cn1c(CNc2cccc(C(=O)NCc3ccccc3OCCO)c2)nnc1-c1ccncn1. The van der Waals surface area contributed by atoms with Crippen LogP contribution >= 0.6 is 0 Å². The van der Waals surface area contributed by atoms with E-state index in [0.717, 1.165) is 17.1 Å². The molecule has 0 saturated carbocycles. The van der Waals surface area contributed by atoms with E-state index in [0.29, 0.717) is 35.9 Å². The molecule has 1 amide bonds. The van der Waals surface area contributed by atoms with E-state index in [4.69, 9.17) is 9.84 Å². The van der Waals surface area contributed by atoms with Crippen molar-refractivity contribution in [3.63, 3.8) is 0 Å². The highest BCUT2D eigenvalue weighted by Gasteiger charge is 2.12. The van der Waals surface area contributed by atoms with Crippen molar-refractivity contribution in [2.24, 2.45) is 7.05 Å². The molecular weight excluding hydrogens is 434 g/mol. The number of aliphatic hydroxyl groups excluding tert-OH is 1. The van der Waals surface area contributed by atoms with Gasteiger partial charge < -0.3 is 25.0 Å². The van der Waals surface area contributed by atoms with Crippen LogP contribution in [0.15, 0.2) is 67.1 Å². The van der Waals surface area contributed by atoms with Crippen molar-refractivity contribution in [2.45, 2.75) is 13.1 Å². The fraction of sp³-hybridized carbons (Fsp3) is 0.208. The van der Waals surface area contributed by atoms with Gasteiger partial charge in [0, 0.05) is 36.6 Å². The zero-order valence-corrected chi connectivity index (χ0v) is 18.7. The van der Waals surface area contributed by atoms with Gasteiger partial charge in [0.2, 0.25) is 0 Å². The zero-order chi connectivity index (χ0) is 23.8. The van der Waals surface area contributed by atoms with Crippen molar-refractivity contribution in [2.75, 3.05) is 18.5 Å². The first-order valence-corrected chi connectivity index (χ1v) is 10.7. The normalized spacial score (nSPS) is 10.6. The van der Waals surface area contributed by atoms with Gasteiger partial charge in [-0.2, -0.15) is 0 Å². The van der Waals surface area contributed by atoms with Gasteiger partial charge in [0.05, 0.1) is 13.2 Å². The summed E-state index contributed by atoms with van der Waals surface area (Å²) < 4.78 is 7.39. The van der Waals surface area contributed by atoms with Gasteiger partial charge in [0.25, 0.3) is 5.91 Å². The van der Waals surface area contributed by atoms with Gasteiger partial charge in [0.1, 0.15) is 24.4 Å². The minimum absolute atomic E-state index is 0.0727. The summed E-state index contributed by atoms with van der Waals surface area (Å²) in [6.45, 7) is 0.861. The number of aliphatic hydroxyl groups is 1. The van der Waals surface area contributed by atoms with E-state index in [1.807, 2.05) is 48.0 Å². The Balaban J connectivity index is 1.37. The van der Waals surface area contributed by atoms with Gasteiger partial charge in [-0.3, -0.25) is 4.79 Å². The Bertz CT molecular complexity index is 1240. The van der Waals surface area contributed by atoms with Crippen molar-refractivity contribution < 1.29 is 14.6 Å². The van der Waals surface area contributed by atoms with E-state index in [1.165, 1.54) is 6.33 Å². The molecule has 0 aliphatic carbocycles. The lowest BCUT2D eigenvalue weighted by atomic mass is 10.1. The van der Waals surface area contributed by atoms with Gasteiger partial charge in [-0.25, -0.2) is 9.97 Å². The summed E-state index contributed by atoms with van der Waals surface area (Å²) in [4.78, 5) is 20.9. The fourth-order valence-electron chi connectivity index (χ4n) is 3.34. The average molecular weight is 460 g/mol. The molecule has 0 bridgehead atoms. The Morgan fingerprint density at radius 3 is 2.79 bits per heavy atom. The van der Waals surface area contributed by atoms with Crippen molar-refractivity contribution in [3.8, 4) is 17.3 Å². The number of nitrogens with one attached hydrogen (secondary N) is 2. The zero-order valence-electron chi connectivity index (χ0n) is 18.7. The molecule has 10 nitrogen and oxygen atoms in total. The van der Waals surface area contributed by atoms with Crippen LogP contribution in [0.5, 0.6) is 5.75 Å². The molecule has 174 valence electrons. The highest BCUT2D eigenvalue weighted by Crippen LogP contribution is 2.19. The predicted octanol–water partition coefficient (Wildman–Crippen LogP) is 2.19. The van der Waals surface area contributed by atoms with Crippen molar-refractivity contribution >= 4 is 11.6 Å². The third kappa shape index (κ3) is 5.54. The highest BCUT2D eigenvalue weighted by molar-refractivity contribution is 5.95. The molecule has 10 heteroatoms. The second kappa shape index (κ2) is 11.0. The van der Waals surface area contributed by atoms with Crippen LogP contribution in [0.4, 0.5) is 5.69 Å². The van der Waals surface area contributed by atoms with Crippen LogP contribution in [0.2, 0.25) is 0 Å². The van der Waals surface area contributed by atoms with Crippen molar-refractivity contribution in [1.29, 1.82) is 0 Å². The topological polar surface area (TPSA) is 127 Å². The van der Waals surface area contributed by atoms with E-state index >= 15 is 0 Å². The van der Waals surface area contributed by atoms with E-state index < -0.39 is 0 Å². The fourth-order valence-corrected chi connectivity index (χ4v) is 3.34. The van der Waals surface area contributed by atoms with Crippen LogP contribution in [0.25, 0.3) is 11.5 Å². The van der Waals surface area contributed by atoms with Gasteiger partial charge in [-0.05, 0) is 30.3 Å². The molecular formula is C24H25N7O3. The standard InChI is InChI=1S/C24H25N7O3/c1-31-22(29-30-23(31)20-9-10-25-16-28-20)15-26-19-7-4-6-17(13-19)24(33)27-14-18-5-2-3-8-21(18)34-12-11-32/h2-10,13,16,26,32H,11-12,14-15H2,1H3,(H,27,33). The number of hydrogen-bond acceptors (Lipinski definition) is 8. The quantitative estimate of drug-likeness (QED) is 0.329. The number of para-hydroxylation sites is 1. The van der Waals surface area contributed by atoms with Crippen LogP contribution < -0.4 is 15.4 Å². The summed E-state index contributed by atoms with van der Waals surface area (Å²) in [5.41, 5.74) is 2.84. The largest absolute Gasteiger partial charge is 0.491 e. The number of carbonyl (C=O) groups excluding carboxylic acids is 1. The van der Waals surface area contributed by atoms with Gasteiger partial charge >= 0.3 is 0 Å². The number of nitrogens with zero attached hydrogens (tertiary/aromatic N) is 5. The second-order valence-electron chi connectivity index (χ2n) is 7.39. The maximum Gasteiger partial charge on any atom is 0.251 e. The Labute approximate surface area is 196 Å². The number of anilines is 1. The van der Waals surface area contributed by atoms with E-state index in [-0.39, 0.29) is 19.1 Å². The number of amides is 1. The Hall–Kier alpha value is -4.31. The molecule has 2 heterocycles. The number of aromatic nitrogens is 5. The lowest BCUT2D eigenvalue weighted by Crippen LogP contribution is -2.23.